The number of hydrogen-bond donors (Lipinski definition) is 1. The minimum Gasteiger partial charge on any atom is -0.352 e. The van der Waals surface area contributed by atoms with Gasteiger partial charge in [-0.3, -0.25) is 9.69 Å². The molecule has 37 heavy (non-hydrogen) atoms. The Kier molecular flexibility index (Phi) is 6.67. The molecule has 1 saturated carbocycles. The first kappa shape index (κ1) is 24.4. The number of carbonyl (C=O) groups is 1. The third kappa shape index (κ3) is 4.99. The molecule has 2 aliphatic carbocycles. The normalized spacial score (nSPS) is 24.9. The SMILES string of the molecule is CC1[C@H]2Cc3ccc(C(=O)NCCCc4ccc(-c5ccccc5)cc4)cc3[C@]1(C)CCN2CC1CC1. The lowest BCUT2D eigenvalue weighted by atomic mass is 9.59. The average molecular weight is 493 g/mol. The Morgan fingerprint density at radius 2 is 1.76 bits per heavy atom. The fourth-order valence-electron chi connectivity index (χ4n) is 6.80. The van der Waals surface area contributed by atoms with Crippen LogP contribution in [-0.4, -0.2) is 36.5 Å². The van der Waals surface area contributed by atoms with Gasteiger partial charge in [0.15, 0.2) is 0 Å². The van der Waals surface area contributed by atoms with E-state index in [4.69, 9.17) is 0 Å². The van der Waals surface area contributed by atoms with Crippen LogP contribution in [0.2, 0.25) is 0 Å². The Morgan fingerprint density at radius 1 is 1.00 bits per heavy atom. The van der Waals surface area contributed by atoms with Gasteiger partial charge in [0, 0.05) is 24.7 Å². The number of aryl methyl sites for hydroxylation is 1. The Morgan fingerprint density at radius 3 is 2.51 bits per heavy atom. The minimum atomic E-state index is 0.0618. The standard InChI is InChI=1S/C34H40N2O/c1-24-32-22-29-16-17-30(21-31(29)34(24,2)18-20-36(32)23-26-10-11-26)33(37)35-19-6-7-25-12-14-28(15-13-25)27-8-4-3-5-9-27/h3-5,8-9,12-17,21,24,26,32H,6-7,10-11,18-20,22-23H2,1-2H3,(H,35,37)/t24?,32-,34-/m1/s1. The van der Waals surface area contributed by atoms with Gasteiger partial charge in [-0.25, -0.2) is 0 Å². The van der Waals surface area contributed by atoms with Gasteiger partial charge < -0.3 is 5.32 Å². The van der Waals surface area contributed by atoms with Gasteiger partial charge in [-0.1, -0.05) is 74.5 Å². The molecule has 1 unspecified atom stereocenters. The molecule has 3 atom stereocenters. The number of piperidine rings is 1. The molecule has 1 heterocycles. The summed E-state index contributed by atoms with van der Waals surface area (Å²) in [7, 11) is 0. The summed E-state index contributed by atoms with van der Waals surface area (Å²) in [6.07, 6.45) is 7.07. The Balaban J connectivity index is 1.05. The largest absolute Gasteiger partial charge is 0.352 e. The summed E-state index contributed by atoms with van der Waals surface area (Å²) >= 11 is 0. The molecule has 0 radical (unpaired) electrons. The molecule has 6 rings (SSSR count). The van der Waals surface area contributed by atoms with Gasteiger partial charge in [0.25, 0.3) is 5.91 Å². The molecular formula is C34H40N2O. The third-order valence-corrected chi connectivity index (χ3v) is 9.56. The molecule has 1 amide bonds. The lowest BCUT2D eigenvalue weighted by molar-refractivity contribution is 0.0284. The van der Waals surface area contributed by atoms with Crippen LogP contribution in [-0.2, 0) is 18.3 Å². The molecule has 3 nitrogen and oxygen atoms in total. The topological polar surface area (TPSA) is 32.3 Å². The van der Waals surface area contributed by atoms with E-state index in [9.17, 15) is 4.79 Å². The first-order valence-electron chi connectivity index (χ1n) is 14.3. The number of fused-ring (bicyclic) bond motifs is 4. The molecule has 3 aliphatic rings. The van der Waals surface area contributed by atoms with E-state index in [2.05, 4.69) is 90.8 Å². The zero-order valence-corrected chi connectivity index (χ0v) is 22.4. The summed E-state index contributed by atoms with van der Waals surface area (Å²) in [6.45, 7) is 8.08. The molecule has 192 valence electrons. The molecule has 2 bridgehead atoms. The summed E-state index contributed by atoms with van der Waals surface area (Å²) < 4.78 is 0. The first-order chi connectivity index (χ1) is 18.0. The fourth-order valence-corrected chi connectivity index (χ4v) is 6.80. The van der Waals surface area contributed by atoms with E-state index < -0.39 is 0 Å². The number of benzene rings is 3. The second-order valence-corrected chi connectivity index (χ2v) is 12.0. The lowest BCUT2D eigenvalue weighted by Gasteiger charge is -2.55. The van der Waals surface area contributed by atoms with Gasteiger partial charge in [-0.05, 0) is 102 Å². The van der Waals surface area contributed by atoms with Crippen molar-refractivity contribution in [2.45, 2.75) is 63.8 Å². The number of carbonyl (C=O) groups excluding carboxylic acids is 1. The zero-order chi connectivity index (χ0) is 25.4. The number of likely N-dealkylation sites (tertiary alicyclic amines) is 1. The van der Waals surface area contributed by atoms with E-state index in [0.29, 0.717) is 18.5 Å². The summed E-state index contributed by atoms with van der Waals surface area (Å²) in [5.74, 6) is 1.63. The maximum Gasteiger partial charge on any atom is 0.251 e. The van der Waals surface area contributed by atoms with Crippen LogP contribution in [0, 0.1) is 11.8 Å². The van der Waals surface area contributed by atoms with Gasteiger partial charge in [0.05, 0.1) is 0 Å². The molecule has 1 saturated heterocycles. The zero-order valence-electron chi connectivity index (χ0n) is 22.4. The second kappa shape index (κ2) is 10.1. The monoisotopic (exact) mass is 492 g/mol. The second-order valence-electron chi connectivity index (χ2n) is 12.0. The molecule has 2 fully saturated rings. The fraction of sp³-hybridized carbons (Fsp3) is 0.441. The van der Waals surface area contributed by atoms with Crippen molar-refractivity contribution in [3.63, 3.8) is 0 Å². The predicted octanol–water partition coefficient (Wildman–Crippen LogP) is 6.65. The lowest BCUT2D eigenvalue weighted by Crippen LogP contribution is -2.58. The highest BCUT2D eigenvalue weighted by Gasteiger charge is 2.49. The van der Waals surface area contributed by atoms with Gasteiger partial charge in [0.2, 0.25) is 0 Å². The van der Waals surface area contributed by atoms with Crippen molar-refractivity contribution in [1.82, 2.24) is 10.2 Å². The molecule has 0 spiro atoms. The van der Waals surface area contributed by atoms with Crippen LogP contribution in [0.1, 0.15) is 66.6 Å². The van der Waals surface area contributed by atoms with Crippen molar-refractivity contribution in [2.24, 2.45) is 11.8 Å². The van der Waals surface area contributed by atoms with Gasteiger partial charge in [0.1, 0.15) is 0 Å². The summed E-state index contributed by atoms with van der Waals surface area (Å²) in [5.41, 5.74) is 7.67. The van der Waals surface area contributed by atoms with E-state index in [1.807, 2.05) is 6.07 Å². The van der Waals surface area contributed by atoms with Crippen molar-refractivity contribution in [2.75, 3.05) is 19.6 Å². The number of amides is 1. The Labute approximate surface area is 222 Å². The molecule has 3 aromatic carbocycles. The van der Waals surface area contributed by atoms with Crippen molar-refractivity contribution >= 4 is 5.91 Å². The van der Waals surface area contributed by atoms with Crippen LogP contribution in [0.25, 0.3) is 11.1 Å². The first-order valence-corrected chi connectivity index (χ1v) is 14.3. The highest BCUT2D eigenvalue weighted by Crippen LogP contribution is 2.49. The van der Waals surface area contributed by atoms with Crippen molar-refractivity contribution in [1.29, 1.82) is 0 Å². The van der Waals surface area contributed by atoms with Crippen molar-refractivity contribution < 1.29 is 4.79 Å². The van der Waals surface area contributed by atoms with E-state index in [1.54, 1.807) is 0 Å². The van der Waals surface area contributed by atoms with Crippen LogP contribution in [0.15, 0.2) is 72.8 Å². The van der Waals surface area contributed by atoms with E-state index >= 15 is 0 Å². The smallest absolute Gasteiger partial charge is 0.251 e. The van der Waals surface area contributed by atoms with E-state index in [-0.39, 0.29) is 11.3 Å². The van der Waals surface area contributed by atoms with Crippen LogP contribution >= 0.6 is 0 Å². The Bertz CT molecular complexity index is 1250. The summed E-state index contributed by atoms with van der Waals surface area (Å²) in [4.78, 5) is 15.8. The third-order valence-electron chi connectivity index (χ3n) is 9.56. The van der Waals surface area contributed by atoms with Crippen LogP contribution < -0.4 is 5.32 Å². The predicted molar refractivity (Wildman–Crippen MR) is 152 cm³/mol. The highest BCUT2D eigenvalue weighted by molar-refractivity contribution is 5.94. The van der Waals surface area contributed by atoms with Crippen molar-refractivity contribution in [3.8, 4) is 11.1 Å². The highest BCUT2D eigenvalue weighted by atomic mass is 16.1. The Hall–Kier alpha value is -2.91. The van der Waals surface area contributed by atoms with Crippen LogP contribution in [0.4, 0.5) is 0 Å². The van der Waals surface area contributed by atoms with Crippen LogP contribution in [0.5, 0.6) is 0 Å². The average Bonchev–Trinajstić information content (AvgIpc) is 3.75. The number of rotatable bonds is 8. The van der Waals surface area contributed by atoms with Crippen molar-refractivity contribution in [3.05, 3.63) is 95.1 Å². The molecular weight excluding hydrogens is 452 g/mol. The summed E-state index contributed by atoms with van der Waals surface area (Å²) in [5, 5.41) is 3.18. The number of hydrogen-bond acceptors (Lipinski definition) is 2. The van der Waals surface area contributed by atoms with E-state index in [1.165, 1.54) is 60.2 Å². The molecule has 3 heteroatoms. The van der Waals surface area contributed by atoms with E-state index in [0.717, 1.165) is 30.7 Å². The van der Waals surface area contributed by atoms with Gasteiger partial charge in [-0.15, -0.1) is 0 Å². The molecule has 1 aliphatic heterocycles. The van der Waals surface area contributed by atoms with Gasteiger partial charge >= 0.3 is 0 Å². The van der Waals surface area contributed by atoms with Crippen LogP contribution in [0.3, 0.4) is 0 Å². The number of nitrogens with one attached hydrogen (secondary N) is 1. The molecule has 0 aromatic heterocycles. The quantitative estimate of drug-likeness (QED) is 0.357. The maximum atomic E-state index is 13.1. The maximum absolute atomic E-state index is 13.1. The molecule has 3 aromatic rings. The molecule has 1 N–H and O–H groups in total. The number of nitrogens with zero attached hydrogens (tertiary/aromatic N) is 1. The minimum absolute atomic E-state index is 0.0618. The summed E-state index contributed by atoms with van der Waals surface area (Å²) in [6, 6.07) is 26.4. The van der Waals surface area contributed by atoms with Gasteiger partial charge in [-0.2, -0.15) is 0 Å².